The Morgan fingerprint density at radius 1 is 1.19 bits per heavy atom. The Labute approximate surface area is 159 Å². The third-order valence-electron chi connectivity index (χ3n) is 5.19. The second-order valence-corrected chi connectivity index (χ2v) is 7.50. The molecule has 3 rings (SSSR count). The Morgan fingerprint density at radius 3 is 2.58 bits per heavy atom. The Balaban J connectivity index is 1.80. The topological polar surface area (TPSA) is 59.1 Å². The summed E-state index contributed by atoms with van der Waals surface area (Å²) in [5.41, 5.74) is 0.575. The Hall–Kier alpha value is -1.95. The number of methoxy groups -OCH3 is 2. The number of nitrogens with zero attached hydrogens (tertiary/aromatic N) is 2. The quantitative estimate of drug-likeness (QED) is 0.805. The van der Waals surface area contributed by atoms with Gasteiger partial charge in [-0.25, -0.2) is 0 Å². The fourth-order valence-corrected chi connectivity index (χ4v) is 4.04. The summed E-state index contributed by atoms with van der Waals surface area (Å²) in [5, 5.41) is 0.399. The molecule has 1 aromatic rings. The lowest BCUT2D eigenvalue weighted by molar-refractivity contribution is -0.137. The van der Waals surface area contributed by atoms with E-state index < -0.39 is 0 Å². The molecule has 0 radical (unpaired) electrons. The number of hydrogen-bond acceptors (Lipinski definition) is 4. The van der Waals surface area contributed by atoms with Crippen molar-refractivity contribution in [1.29, 1.82) is 0 Å². The molecule has 2 atom stereocenters. The third kappa shape index (κ3) is 3.61. The first-order valence-electron chi connectivity index (χ1n) is 8.95. The SMILES string of the molecule is COc1cc(OC)c(N2C[C@@H](C(=O)N3CCC[C@H](C)C3)CC2=O)cc1Cl. The van der Waals surface area contributed by atoms with E-state index >= 15 is 0 Å². The highest BCUT2D eigenvalue weighted by atomic mass is 35.5. The average Bonchev–Trinajstić information content (AvgIpc) is 3.02. The highest BCUT2D eigenvalue weighted by Crippen LogP contribution is 2.40. The van der Waals surface area contributed by atoms with Crippen LogP contribution in [0.2, 0.25) is 5.02 Å². The van der Waals surface area contributed by atoms with Gasteiger partial charge in [0.25, 0.3) is 0 Å². The molecule has 0 N–H and O–H groups in total. The highest BCUT2D eigenvalue weighted by Gasteiger charge is 2.39. The lowest BCUT2D eigenvalue weighted by Gasteiger charge is -2.32. The standard InChI is InChI=1S/C19H25ClN2O4/c1-12-5-4-6-21(10-12)19(24)13-7-18(23)22(11-13)15-8-14(20)16(25-2)9-17(15)26-3/h8-9,12-13H,4-7,10-11H2,1-3H3/t12-,13-/m0/s1. The van der Waals surface area contributed by atoms with E-state index in [1.165, 1.54) is 14.2 Å². The summed E-state index contributed by atoms with van der Waals surface area (Å²) in [6, 6.07) is 3.32. The fourth-order valence-electron chi connectivity index (χ4n) is 3.81. The molecule has 2 fully saturated rings. The predicted octanol–water partition coefficient (Wildman–Crippen LogP) is 2.97. The number of anilines is 1. The van der Waals surface area contributed by atoms with Crippen molar-refractivity contribution < 1.29 is 19.1 Å². The van der Waals surface area contributed by atoms with Gasteiger partial charge in [0.05, 0.1) is 30.8 Å². The van der Waals surface area contributed by atoms with E-state index in [4.69, 9.17) is 21.1 Å². The zero-order valence-corrected chi connectivity index (χ0v) is 16.2. The molecule has 2 amide bonds. The monoisotopic (exact) mass is 380 g/mol. The van der Waals surface area contributed by atoms with Crippen LogP contribution in [0.3, 0.4) is 0 Å². The van der Waals surface area contributed by atoms with Crippen molar-refractivity contribution in [3.05, 3.63) is 17.2 Å². The van der Waals surface area contributed by atoms with Gasteiger partial charge >= 0.3 is 0 Å². The Morgan fingerprint density at radius 2 is 1.92 bits per heavy atom. The maximum absolute atomic E-state index is 12.9. The molecule has 0 bridgehead atoms. The first-order chi connectivity index (χ1) is 12.4. The van der Waals surface area contributed by atoms with Crippen molar-refractivity contribution in [2.45, 2.75) is 26.2 Å². The number of carbonyl (C=O) groups excluding carboxylic acids is 2. The van der Waals surface area contributed by atoms with Crippen molar-refractivity contribution in [3.63, 3.8) is 0 Å². The molecule has 2 heterocycles. The minimum Gasteiger partial charge on any atom is -0.495 e. The summed E-state index contributed by atoms with van der Waals surface area (Å²) in [4.78, 5) is 29.0. The van der Waals surface area contributed by atoms with Crippen LogP contribution in [0.1, 0.15) is 26.2 Å². The van der Waals surface area contributed by atoms with Crippen LogP contribution < -0.4 is 14.4 Å². The molecule has 142 valence electrons. The zero-order valence-electron chi connectivity index (χ0n) is 15.5. The van der Waals surface area contributed by atoms with E-state index in [0.29, 0.717) is 34.7 Å². The van der Waals surface area contributed by atoms with E-state index in [1.807, 2.05) is 4.90 Å². The molecule has 0 aliphatic carbocycles. The molecular formula is C19H25ClN2O4. The van der Waals surface area contributed by atoms with Gasteiger partial charge in [0.2, 0.25) is 11.8 Å². The van der Waals surface area contributed by atoms with Gasteiger partial charge in [0, 0.05) is 32.1 Å². The molecule has 1 aromatic carbocycles. The number of amides is 2. The summed E-state index contributed by atoms with van der Waals surface area (Å²) >= 11 is 6.23. The van der Waals surface area contributed by atoms with Crippen LogP contribution in [0, 0.1) is 11.8 Å². The summed E-state index contributed by atoms with van der Waals surface area (Å²) in [7, 11) is 3.06. The first-order valence-corrected chi connectivity index (χ1v) is 9.33. The average molecular weight is 381 g/mol. The van der Waals surface area contributed by atoms with Crippen LogP contribution in [0.15, 0.2) is 12.1 Å². The van der Waals surface area contributed by atoms with Crippen LogP contribution >= 0.6 is 11.6 Å². The minimum absolute atomic E-state index is 0.0750. The van der Waals surface area contributed by atoms with Gasteiger partial charge in [0.15, 0.2) is 0 Å². The lowest BCUT2D eigenvalue weighted by Crippen LogP contribution is -2.43. The van der Waals surface area contributed by atoms with Crippen LogP contribution in [-0.2, 0) is 9.59 Å². The number of ether oxygens (including phenoxy) is 2. The zero-order chi connectivity index (χ0) is 18.8. The number of hydrogen-bond donors (Lipinski definition) is 0. The van der Waals surface area contributed by atoms with Crippen LogP contribution in [-0.4, -0.2) is 50.6 Å². The molecule has 2 aliphatic rings. The van der Waals surface area contributed by atoms with Crippen LogP contribution in [0.5, 0.6) is 11.5 Å². The smallest absolute Gasteiger partial charge is 0.228 e. The number of likely N-dealkylation sites (tertiary alicyclic amines) is 1. The number of halogens is 1. The van der Waals surface area contributed by atoms with Gasteiger partial charge in [-0.15, -0.1) is 0 Å². The van der Waals surface area contributed by atoms with Crippen molar-refractivity contribution >= 4 is 29.1 Å². The van der Waals surface area contributed by atoms with Gasteiger partial charge in [-0.2, -0.15) is 0 Å². The van der Waals surface area contributed by atoms with Crippen molar-refractivity contribution in [2.24, 2.45) is 11.8 Å². The van der Waals surface area contributed by atoms with Crippen molar-refractivity contribution in [3.8, 4) is 11.5 Å². The molecule has 6 nitrogen and oxygen atoms in total. The van der Waals surface area contributed by atoms with Crippen LogP contribution in [0.4, 0.5) is 5.69 Å². The number of piperidine rings is 1. The molecule has 2 saturated heterocycles. The molecule has 26 heavy (non-hydrogen) atoms. The summed E-state index contributed by atoms with van der Waals surface area (Å²) in [6.07, 6.45) is 2.40. The molecule has 7 heteroatoms. The minimum atomic E-state index is -0.321. The number of carbonyl (C=O) groups is 2. The van der Waals surface area contributed by atoms with E-state index in [1.54, 1.807) is 17.0 Å². The second kappa shape index (κ2) is 7.74. The molecule has 2 aliphatic heterocycles. The molecule has 0 unspecified atom stereocenters. The first kappa shape index (κ1) is 18.8. The van der Waals surface area contributed by atoms with E-state index in [-0.39, 0.29) is 24.2 Å². The number of benzene rings is 1. The lowest BCUT2D eigenvalue weighted by atomic mass is 9.98. The normalized spacial score (nSPS) is 23.3. The van der Waals surface area contributed by atoms with Crippen molar-refractivity contribution in [1.82, 2.24) is 4.90 Å². The van der Waals surface area contributed by atoms with Gasteiger partial charge in [0.1, 0.15) is 11.5 Å². The predicted molar refractivity (Wildman–Crippen MR) is 100.0 cm³/mol. The summed E-state index contributed by atoms with van der Waals surface area (Å²) < 4.78 is 10.6. The van der Waals surface area contributed by atoms with Gasteiger partial charge in [-0.1, -0.05) is 18.5 Å². The van der Waals surface area contributed by atoms with E-state index in [9.17, 15) is 9.59 Å². The Bertz CT molecular complexity index is 709. The number of rotatable bonds is 4. The summed E-state index contributed by atoms with van der Waals surface area (Å²) in [6.45, 7) is 4.07. The van der Waals surface area contributed by atoms with Gasteiger partial charge < -0.3 is 19.3 Å². The second-order valence-electron chi connectivity index (χ2n) is 7.10. The molecular weight excluding hydrogens is 356 g/mol. The molecule has 0 saturated carbocycles. The maximum atomic E-state index is 12.9. The van der Waals surface area contributed by atoms with E-state index in [2.05, 4.69) is 6.92 Å². The van der Waals surface area contributed by atoms with Gasteiger partial charge in [-0.05, 0) is 24.8 Å². The fraction of sp³-hybridized carbons (Fsp3) is 0.579. The maximum Gasteiger partial charge on any atom is 0.228 e. The molecule has 0 aromatic heterocycles. The Kier molecular flexibility index (Phi) is 5.61. The van der Waals surface area contributed by atoms with Gasteiger partial charge in [-0.3, -0.25) is 9.59 Å². The largest absolute Gasteiger partial charge is 0.495 e. The summed E-state index contributed by atoms with van der Waals surface area (Å²) in [5.74, 6) is 1.16. The third-order valence-corrected chi connectivity index (χ3v) is 5.48. The highest BCUT2D eigenvalue weighted by molar-refractivity contribution is 6.32. The van der Waals surface area contributed by atoms with Crippen molar-refractivity contribution in [2.75, 3.05) is 38.8 Å². The van der Waals surface area contributed by atoms with E-state index in [0.717, 1.165) is 25.9 Å². The van der Waals surface area contributed by atoms with Crippen LogP contribution in [0.25, 0.3) is 0 Å². The molecule has 0 spiro atoms.